The van der Waals surface area contributed by atoms with Crippen LogP contribution in [0.25, 0.3) is 0 Å². The highest BCUT2D eigenvalue weighted by molar-refractivity contribution is 9.10. The van der Waals surface area contributed by atoms with Gasteiger partial charge in [-0.1, -0.05) is 48.9 Å². The second-order valence-corrected chi connectivity index (χ2v) is 7.80. The molecule has 2 amide bonds. The van der Waals surface area contributed by atoms with Gasteiger partial charge in [0.25, 0.3) is 5.91 Å². The Kier molecular flexibility index (Phi) is 9.48. The maximum Gasteiger partial charge on any atom is 0.261 e. The van der Waals surface area contributed by atoms with Crippen molar-refractivity contribution >= 4 is 39.3 Å². The lowest BCUT2D eigenvalue weighted by Crippen LogP contribution is -2.51. The van der Waals surface area contributed by atoms with Crippen molar-refractivity contribution in [3.05, 3.63) is 63.6 Å². The Balaban J connectivity index is 2.12. The van der Waals surface area contributed by atoms with E-state index < -0.39 is 6.04 Å². The van der Waals surface area contributed by atoms with Crippen LogP contribution in [0.1, 0.15) is 25.8 Å². The zero-order valence-electron chi connectivity index (χ0n) is 16.7. The number of halogens is 2. The van der Waals surface area contributed by atoms with Crippen LogP contribution in [0.3, 0.4) is 0 Å². The van der Waals surface area contributed by atoms with Crippen LogP contribution in [0.4, 0.5) is 0 Å². The minimum absolute atomic E-state index is 0.149. The molecule has 1 atom stereocenters. The Morgan fingerprint density at radius 1 is 1.17 bits per heavy atom. The average Bonchev–Trinajstić information content (AvgIpc) is 2.71. The first-order chi connectivity index (χ1) is 14.0. The van der Waals surface area contributed by atoms with Crippen molar-refractivity contribution in [2.45, 2.75) is 32.7 Å². The monoisotopic (exact) mass is 480 g/mol. The van der Waals surface area contributed by atoms with Crippen LogP contribution in [0.5, 0.6) is 5.75 Å². The SMILES string of the molecule is CCNC(=O)[C@@H](CC)N(CCc1ccccc1)C(=O)COc1ccc(Cl)cc1Br. The van der Waals surface area contributed by atoms with Crippen LogP contribution in [-0.2, 0) is 16.0 Å². The molecule has 1 N–H and O–H groups in total. The summed E-state index contributed by atoms with van der Waals surface area (Å²) in [5.41, 5.74) is 1.11. The summed E-state index contributed by atoms with van der Waals surface area (Å²) in [4.78, 5) is 27.1. The average molecular weight is 482 g/mol. The number of hydrogen-bond acceptors (Lipinski definition) is 3. The molecule has 0 radical (unpaired) electrons. The molecule has 0 aliphatic rings. The maximum atomic E-state index is 13.0. The molecular weight excluding hydrogens is 456 g/mol. The molecule has 0 heterocycles. The third-order valence-corrected chi connectivity index (χ3v) is 5.32. The number of likely N-dealkylation sites (N-methyl/N-ethyl adjacent to an activating group) is 1. The quantitative estimate of drug-likeness (QED) is 0.545. The first-order valence-corrected chi connectivity index (χ1v) is 10.8. The van der Waals surface area contributed by atoms with E-state index >= 15 is 0 Å². The Hall–Kier alpha value is -2.05. The van der Waals surface area contributed by atoms with Crippen molar-refractivity contribution in [3.63, 3.8) is 0 Å². The molecule has 0 saturated carbocycles. The van der Waals surface area contributed by atoms with Crippen molar-refractivity contribution < 1.29 is 14.3 Å². The Labute approximate surface area is 185 Å². The lowest BCUT2D eigenvalue weighted by molar-refractivity contribution is -0.142. The fourth-order valence-electron chi connectivity index (χ4n) is 3.00. The van der Waals surface area contributed by atoms with Gasteiger partial charge in [0.05, 0.1) is 4.47 Å². The summed E-state index contributed by atoms with van der Waals surface area (Å²) < 4.78 is 6.36. The summed E-state index contributed by atoms with van der Waals surface area (Å²) in [6, 6.07) is 14.5. The molecular formula is C22H26BrClN2O3. The third-order valence-electron chi connectivity index (χ3n) is 4.47. The summed E-state index contributed by atoms with van der Waals surface area (Å²) >= 11 is 9.33. The number of ether oxygens (including phenoxy) is 1. The van der Waals surface area contributed by atoms with Gasteiger partial charge in [-0.25, -0.2) is 0 Å². The second kappa shape index (κ2) is 11.8. The molecule has 2 aromatic rings. The van der Waals surface area contributed by atoms with Crippen molar-refractivity contribution in [1.82, 2.24) is 10.2 Å². The first-order valence-electron chi connectivity index (χ1n) is 9.65. The summed E-state index contributed by atoms with van der Waals surface area (Å²) in [6.45, 7) is 4.56. The number of nitrogens with zero attached hydrogens (tertiary/aromatic N) is 1. The lowest BCUT2D eigenvalue weighted by Gasteiger charge is -2.30. The third kappa shape index (κ3) is 7.05. The molecule has 0 aromatic heterocycles. The molecule has 2 aromatic carbocycles. The highest BCUT2D eigenvalue weighted by atomic mass is 79.9. The lowest BCUT2D eigenvalue weighted by atomic mass is 10.1. The van der Waals surface area contributed by atoms with Crippen LogP contribution in [0.2, 0.25) is 5.02 Å². The standard InChI is InChI=1S/C22H26BrClN2O3/c1-3-19(22(28)25-4-2)26(13-12-16-8-6-5-7-9-16)21(27)15-29-20-11-10-17(24)14-18(20)23/h5-11,14,19H,3-4,12-13,15H2,1-2H3,(H,25,28)/t19-/m1/s1. The minimum Gasteiger partial charge on any atom is -0.483 e. The molecule has 5 nitrogen and oxygen atoms in total. The Morgan fingerprint density at radius 2 is 1.90 bits per heavy atom. The maximum absolute atomic E-state index is 13.0. The van der Waals surface area contributed by atoms with Crippen LogP contribution in [0.15, 0.2) is 53.0 Å². The molecule has 0 unspecified atom stereocenters. The van der Waals surface area contributed by atoms with E-state index in [-0.39, 0.29) is 18.4 Å². The van der Waals surface area contributed by atoms with Gasteiger partial charge in [0, 0.05) is 18.1 Å². The van der Waals surface area contributed by atoms with Crippen molar-refractivity contribution in [2.75, 3.05) is 19.7 Å². The number of carbonyl (C=O) groups is 2. The van der Waals surface area contributed by atoms with Gasteiger partial charge in [0.15, 0.2) is 6.61 Å². The van der Waals surface area contributed by atoms with Gasteiger partial charge in [0.1, 0.15) is 11.8 Å². The molecule has 0 spiro atoms. The minimum atomic E-state index is -0.538. The van der Waals surface area contributed by atoms with E-state index in [2.05, 4.69) is 21.2 Å². The Bertz CT molecular complexity index is 817. The predicted octanol–water partition coefficient (Wildman–Crippen LogP) is 4.47. The predicted molar refractivity (Wildman–Crippen MR) is 119 cm³/mol. The largest absolute Gasteiger partial charge is 0.483 e. The van der Waals surface area contributed by atoms with E-state index in [1.165, 1.54) is 0 Å². The van der Waals surface area contributed by atoms with Gasteiger partial charge in [-0.2, -0.15) is 0 Å². The molecule has 0 aliphatic carbocycles. The van der Waals surface area contributed by atoms with Crippen molar-refractivity contribution in [3.8, 4) is 5.75 Å². The number of nitrogens with one attached hydrogen (secondary N) is 1. The van der Waals surface area contributed by atoms with Crippen LogP contribution in [-0.4, -0.2) is 42.5 Å². The molecule has 156 valence electrons. The molecule has 29 heavy (non-hydrogen) atoms. The van der Waals surface area contributed by atoms with E-state index in [9.17, 15) is 9.59 Å². The zero-order chi connectivity index (χ0) is 21.2. The highest BCUT2D eigenvalue weighted by Gasteiger charge is 2.28. The molecule has 7 heteroatoms. The number of carbonyl (C=O) groups excluding carboxylic acids is 2. The smallest absolute Gasteiger partial charge is 0.261 e. The summed E-state index contributed by atoms with van der Waals surface area (Å²) in [5, 5.41) is 3.40. The first kappa shape index (κ1) is 23.2. The van der Waals surface area contributed by atoms with E-state index in [1.54, 1.807) is 23.1 Å². The van der Waals surface area contributed by atoms with Crippen LogP contribution in [0, 0.1) is 0 Å². The topological polar surface area (TPSA) is 58.6 Å². The summed E-state index contributed by atoms with van der Waals surface area (Å²) in [7, 11) is 0. The van der Waals surface area contributed by atoms with Gasteiger partial charge < -0.3 is 15.0 Å². The highest BCUT2D eigenvalue weighted by Crippen LogP contribution is 2.28. The summed E-state index contributed by atoms with van der Waals surface area (Å²) in [6.07, 6.45) is 1.18. The molecule has 0 bridgehead atoms. The zero-order valence-corrected chi connectivity index (χ0v) is 19.0. The van der Waals surface area contributed by atoms with Gasteiger partial charge in [0.2, 0.25) is 5.91 Å². The van der Waals surface area contributed by atoms with Crippen molar-refractivity contribution in [2.24, 2.45) is 0 Å². The van der Waals surface area contributed by atoms with E-state index in [4.69, 9.17) is 16.3 Å². The summed E-state index contributed by atoms with van der Waals surface area (Å²) in [5.74, 6) is 0.141. The molecule has 0 saturated heterocycles. The van der Waals surface area contributed by atoms with Gasteiger partial charge in [-0.3, -0.25) is 9.59 Å². The van der Waals surface area contributed by atoms with E-state index in [0.29, 0.717) is 41.2 Å². The second-order valence-electron chi connectivity index (χ2n) is 6.50. The molecule has 0 aliphatic heterocycles. The number of amides is 2. The van der Waals surface area contributed by atoms with Crippen LogP contribution >= 0.6 is 27.5 Å². The fourth-order valence-corrected chi connectivity index (χ4v) is 3.80. The number of hydrogen-bond donors (Lipinski definition) is 1. The normalized spacial score (nSPS) is 11.6. The Morgan fingerprint density at radius 3 is 2.52 bits per heavy atom. The van der Waals surface area contributed by atoms with E-state index in [1.807, 2.05) is 44.2 Å². The molecule has 0 fully saturated rings. The van der Waals surface area contributed by atoms with E-state index in [0.717, 1.165) is 5.56 Å². The number of rotatable bonds is 10. The van der Waals surface area contributed by atoms with Gasteiger partial charge in [-0.05, 0) is 59.5 Å². The van der Waals surface area contributed by atoms with Gasteiger partial charge in [-0.15, -0.1) is 0 Å². The molecule has 2 rings (SSSR count). The number of benzene rings is 2. The van der Waals surface area contributed by atoms with Crippen LogP contribution < -0.4 is 10.1 Å². The van der Waals surface area contributed by atoms with Crippen molar-refractivity contribution in [1.29, 1.82) is 0 Å². The van der Waals surface area contributed by atoms with Gasteiger partial charge >= 0.3 is 0 Å². The fraction of sp³-hybridized carbons (Fsp3) is 0.364.